The maximum absolute atomic E-state index is 14.0. The van der Waals surface area contributed by atoms with Crippen molar-refractivity contribution < 1.29 is 33.3 Å². The summed E-state index contributed by atoms with van der Waals surface area (Å²) in [4.78, 5) is 43.9. The first kappa shape index (κ1) is 31.3. The summed E-state index contributed by atoms with van der Waals surface area (Å²) in [6, 6.07) is 9.53. The van der Waals surface area contributed by atoms with Crippen LogP contribution in [-0.4, -0.2) is 42.9 Å². The lowest BCUT2D eigenvalue weighted by Crippen LogP contribution is -2.40. The Labute approximate surface area is 253 Å². The minimum absolute atomic E-state index is 0.163. The molecule has 1 unspecified atom stereocenters. The number of carbonyl (C=O) groups is 2. The molecule has 1 atom stereocenters. The zero-order valence-electron chi connectivity index (χ0n) is 24.8. The number of aromatic nitrogens is 1. The molecular weight excluding hydrogens is 572 g/mol. The van der Waals surface area contributed by atoms with E-state index in [1.165, 1.54) is 22.8 Å². The quantitative estimate of drug-likeness (QED) is 0.172. The molecule has 1 aliphatic rings. The van der Waals surface area contributed by atoms with Gasteiger partial charge in [-0.2, -0.15) is 0 Å². The number of rotatable bonds is 12. The maximum atomic E-state index is 14.0. The topological polar surface area (TPSA) is 115 Å². The highest BCUT2D eigenvalue weighted by Crippen LogP contribution is 2.36. The van der Waals surface area contributed by atoms with Gasteiger partial charge in [-0.05, 0) is 69.2 Å². The Bertz CT molecular complexity index is 1750. The predicted molar refractivity (Wildman–Crippen MR) is 163 cm³/mol. The Morgan fingerprint density at radius 2 is 1.67 bits per heavy atom. The van der Waals surface area contributed by atoms with Gasteiger partial charge in [-0.25, -0.2) is 9.79 Å². The average Bonchev–Trinajstić information content (AvgIpc) is 3.27. The zero-order chi connectivity index (χ0) is 31.1. The first-order chi connectivity index (χ1) is 20.7. The number of hydrogen-bond acceptors (Lipinski definition) is 10. The summed E-state index contributed by atoms with van der Waals surface area (Å²) in [6.07, 6.45) is 3.34. The molecule has 0 radical (unpaired) electrons. The number of fused-ring (bicyclic) bond motifs is 1. The summed E-state index contributed by atoms with van der Waals surface area (Å²) in [5.41, 5.74) is 1.65. The number of carbonyl (C=O) groups excluding carboxylic acids is 2. The highest BCUT2D eigenvalue weighted by molar-refractivity contribution is 7.07. The highest BCUT2D eigenvalue weighted by Gasteiger charge is 2.34. The van der Waals surface area contributed by atoms with Gasteiger partial charge in [-0.15, -0.1) is 0 Å². The lowest BCUT2D eigenvalue weighted by Gasteiger charge is -2.25. The molecule has 2 heterocycles. The van der Waals surface area contributed by atoms with Crippen molar-refractivity contribution in [2.45, 2.75) is 40.7 Å². The molecule has 0 bridgehead atoms. The van der Waals surface area contributed by atoms with Crippen molar-refractivity contribution in [2.75, 3.05) is 26.4 Å². The van der Waals surface area contributed by atoms with Crippen LogP contribution in [0, 0.1) is 0 Å². The summed E-state index contributed by atoms with van der Waals surface area (Å²) >= 11 is 1.20. The van der Waals surface area contributed by atoms with Gasteiger partial charge in [0.1, 0.15) is 6.61 Å². The molecule has 0 spiro atoms. The van der Waals surface area contributed by atoms with Gasteiger partial charge in [-0.3, -0.25) is 14.2 Å². The van der Waals surface area contributed by atoms with Crippen LogP contribution in [0.3, 0.4) is 0 Å². The van der Waals surface area contributed by atoms with Crippen LogP contribution >= 0.6 is 11.3 Å². The van der Waals surface area contributed by atoms with E-state index in [0.717, 1.165) is 0 Å². The van der Waals surface area contributed by atoms with Gasteiger partial charge in [0.25, 0.3) is 5.56 Å². The minimum Gasteiger partial charge on any atom is -0.490 e. The first-order valence-electron chi connectivity index (χ1n) is 13.9. The van der Waals surface area contributed by atoms with E-state index in [0.29, 0.717) is 56.6 Å². The van der Waals surface area contributed by atoms with Gasteiger partial charge in [0.2, 0.25) is 0 Å². The normalized spacial score (nSPS) is 14.4. The van der Waals surface area contributed by atoms with E-state index in [1.54, 1.807) is 62.4 Å². The number of ether oxygens (including phenoxy) is 5. The Morgan fingerprint density at radius 1 is 0.977 bits per heavy atom. The van der Waals surface area contributed by atoms with Crippen LogP contribution in [0.2, 0.25) is 0 Å². The number of benzene rings is 2. The second kappa shape index (κ2) is 14.0. The number of allylic oxidation sites excluding steroid dienone is 1. The molecule has 4 rings (SSSR count). The molecule has 0 saturated carbocycles. The van der Waals surface area contributed by atoms with Gasteiger partial charge in [0, 0.05) is 6.92 Å². The largest absolute Gasteiger partial charge is 0.490 e. The molecule has 3 aromatic rings. The van der Waals surface area contributed by atoms with E-state index in [2.05, 4.69) is 11.6 Å². The van der Waals surface area contributed by atoms with Crippen molar-refractivity contribution in [3.63, 3.8) is 0 Å². The summed E-state index contributed by atoms with van der Waals surface area (Å²) in [5.74, 6) is 0.614. The minimum atomic E-state index is -0.824. The molecule has 0 fully saturated rings. The Hall–Kier alpha value is -4.64. The number of thiazole rings is 1. The third kappa shape index (κ3) is 6.89. The third-order valence-corrected chi connectivity index (χ3v) is 7.26. The first-order valence-corrected chi connectivity index (χ1v) is 14.7. The second-order valence-corrected chi connectivity index (χ2v) is 10.3. The molecule has 0 amide bonds. The Kier molecular flexibility index (Phi) is 10.2. The van der Waals surface area contributed by atoms with Crippen molar-refractivity contribution in [1.29, 1.82) is 0 Å². The van der Waals surface area contributed by atoms with Gasteiger partial charge < -0.3 is 23.7 Å². The zero-order valence-corrected chi connectivity index (χ0v) is 25.6. The van der Waals surface area contributed by atoms with Crippen LogP contribution in [0.4, 0.5) is 0 Å². The lowest BCUT2D eigenvalue weighted by atomic mass is 9.95. The van der Waals surface area contributed by atoms with Gasteiger partial charge in [0.05, 0.1) is 41.7 Å². The molecule has 10 nitrogen and oxygen atoms in total. The molecule has 0 aliphatic carbocycles. The fourth-order valence-corrected chi connectivity index (χ4v) is 5.66. The van der Waals surface area contributed by atoms with E-state index in [4.69, 9.17) is 23.7 Å². The van der Waals surface area contributed by atoms with E-state index in [1.807, 2.05) is 13.8 Å². The summed E-state index contributed by atoms with van der Waals surface area (Å²) < 4.78 is 29.8. The molecular formula is C32H34N2O8S. The number of nitrogens with zero attached hydrogens (tertiary/aromatic N) is 2. The predicted octanol–water partition coefficient (Wildman–Crippen LogP) is 4.09. The third-order valence-electron chi connectivity index (χ3n) is 6.28. The van der Waals surface area contributed by atoms with E-state index in [9.17, 15) is 14.4 Å². The molecule has 0 N–H and O–H groups in total. The van der Waals surface area contributed by atoms with E-state index in [-0.39, 0.29) is 30.1 Å². The average molecular weight is 607 g/mol. The van der Waals surface area contributed by atoms with Gasteiger partial charge in [-0.1, -0.05) is 36.1 Å². The summed E-state index contributed by atoms with van der Waals surface area (Å²) in [7, 11) is 0. The van der Waals surface area contributed by atoms with Crippen molar-refractivity contribution >= 4 is 29.4 Å². The maximum Gasteiger partial charge on any atom is 0.338 e. The standard InChI is InChI=1S/C32H34N2O8S/c1-7-15-41-23-14-12-22(18-26(23)39-9-3)29-28(31(37)40-10-4)19(5)33-32-34(29)30(36)27(43-32)17-21-11-13-24(42-20(6)35)25(16-21)38-8-2/h7,11-14,16-18,29H,1,8-10,15H2,2-6H3. The molecule has 11 heteroatoms. The monoisotopic (exact) mass is 606 g/mol. The van der Waals surface area contributed by atoms with Crippen molar-refractivity contribution in [1.82, 2.24) is 4.57 Å². The van der Waals surface area contributed by atoms with Crippen LogP contribution in [0.25, 0.3) is 6.08 Å². The second-order valence-electron chi connectivity index (χ2n) is 9.27. The van der Waals surface area contributed by atoms with Gasteiger partial charge >= 0.3 is 11.9 Å². The Balaban J connectivity index is 1.90. The lowest BCUT2D eigenvalue weighted by molar-refractivity contribution is -0.139. The molecule has 2 aromatic carbocycles. The molecule has 0 saturated heterocycles. The van der Waals surface area contributed by atoms with Crippen LogP contribution in [0.1, 0.15) is 51.8 Å². The van der Waals surface area contributed by atoms with Crippen LogP contribution in [0.5, 0.6) is 23.0 Å². The van der Waals surface area contributed by atoms with Crippen molar-refractivity contribution in [2.24, 2.45) is 4.99 Å². The number of hydrogen-bond donors (Lipinski definition) is 0. The van der Waals surface area contributed by atoms with E-state index >= 15 is 0 Å². The molecule has 1 aliphatic heterocycles. The van der Waals surface area contributed by atoms with Crippen molar-refractivity contribution in [3.05, 3.63) is 91.1 Å². The summed E-state index contributed by atoms with van der Waals surface area (Å²) in [5, 5.41) is 0. The number of esters is 2. The highest BCUT2D eigenvalue weighted by atomic mass is 32.1. The molecule has 1 aromatic heterocycles. The Morgan fingerprint density at radius 3 is 2.33 bits per heavy atom. The fourth-order valence-electron chi connectivity index (χ4n) is 4.61. The molecule has 43 heavy (non-hydrogen) atoms. The van der Waals surface area contributed by atoms with Gasteiger partial charge in [0.15, 0.2) is 27.8 Å². The smallest absolute Gasteiger partial charge is 0.338 e. The SMILES string of the molecule is C=CCOc1ccc(C2C(C(=O)OCC)=C(C)N=c3sc(=Cc4ccc(OC(C)=O)c(OCC)c4)c(=O)n32)cc1OCC. The van der Waals surface area contributed by atoms with Crippen LogP contribution in [-0.2, 0) is 14.3 Å². The van der Waals surface area contributed by atoms with E-state index < -0.39 is 18.0 Å². The van der Waals surface area contributed by atoms with Crippen molar-refractivity contribution in [3.8, 4) is 23.0 Å². The fraction of sp³-hybridized carbons (Fsp3) is 0.312. The van der Waals surface area contributed by atoms with Crippen LogP contribution < -0.4 is 33.8 Å². The summed E-state index contributed by atoms with van der Waals surface area (Å²) in [6.45, 7) is 13.3. The van der Waals surface area contributed by atoms with Crippen LogP contribution in [0.15, 0.2) is 70.1 Å². The molecule has 226 valence electrons.